The zero-order chi connectivity index (χ0) is 18.4. The second kappa shape index (κ2) is 8.63. The highest BCUT2D eigenvalue weighted by molar-refractivity contribution is 6.43. The van der Waals surface area contributed by atoms with Gasteiger partial charge in [0.15, 0.2) is 0 Å². The number of nitrogens with one attached hydrogen (secondary N) is 2. The summed E-state index contributed by atoms with van der Waals surface area (Å²) in [5.74, 6) is -0.123. The number of hydrogen-bond acceptors (Lipinski definition) is 4. The summed E-state index contributed by atoms with van der Waals surface area (Å²) in [6, 6.07) is 11.5. The monoisotopic (exact) mass is 395 g/mol. The third kappa shape index (κ3) is 4.80. The Hall–Kier alpha value is -2.39. The number of carbonyl (C=O) groups excluding carboxylic acids is 1. The Morgan fingerprint density at radius 1 is 1.20 bits per heavy atom. The number of hydrogen-bond donors (Lipinski definition) is 2. The maximum absolute atomic E-state index is 12.2. The molecule has 0 aromatic heterocycles. The number of anilines is 2. The summed E-state index contributed by atoms with van der Waals surface area (Å²) in [7, 11) is 1.49. The van der Waals surface area contributed by atoms with Gasteiger partial charge >= 0.3 is 0 Å². The van der Waals surface area contributed by atoms with Crippen LogP contribution in [0.15, 0.2) is 48.2 Å². The van der Waals surface area contributed by atoms with E-state index in [1.807, 2.05) is 6.07 Å². The molecule has 2 aromatic rings. The van der Waals surface area contributed by atoms with Gasteiger partial charge in [0.2, 0.25) is 0 Å². The van der Waals surface area contributed by atoms with Crippen LogP contribution in [0.1, 0.15) is 0 Å². The van der Waals surface area contributed by atoms with E-state index < -0.39 is 5.91 Å². The van der Waals surface area contributed by atoms with Gasteiger partial charge in [-0.05, 0) is 30.3 Å². The highest BCUT2D eigenvalue weighted by Crippen LogP contribution is 2.30. The van der Waals surface area contributed by atoms with E-state index in [2.05, 4.69) is 10.6 Å². The van der Waals surface area contributed by atoms with Gasteiger partial charge in [0, 0.05) is 11.9 Å². The number of benzene rings is 2. The van der Waals surface area contributed by atoms with Crippen molar-refractivity contribution in [3.63, 3.8) is 0 Å². The Morgan fingerprint density at radius 2 is 1.96 bits per heavy atom. The van der Waals surface area contributed by atoms with Crippen molar-refractivity contribution in [2.75, 3.05) is 17.7 Å². The largest absolute Gasteiger partial charge is 0.495 e. The molecule has 2 aromatic carbocycles. The SMILES string of the molecule is COc1ccc(NC(=O)/C(C#N)=C\Nc2cccc(Cl)c2Cl)cc1Cl. The molecule has 25 heavy (non-hydrogen) atoms. The van der Waals surface area contributed by atoms with Crippen molar-refractivity contribution in [2.24, 2.45) is 0 Å². The third-order valence-corrected chi connectivity index (χ3v) is 4.21. The molecule has 0 fully saturated rings. The summed E-state index contributed by atoms with van der Waals surface area (Å²) < 4.78 is 5.04. The third-order valence-electron chi connectivity index (χ3n) is 3.10. The molecule has 2 N–H and O–H groups in total. The van der Waals surface area contributed by atoms with Crippen LogP contribution < -0.4 is 15.4 Å². The number of ether oxygens (including phenoxy) is 1. The van der Waals surface area contributed by atoms with Gasteiger partial charge in [0.1, 0.15) is 17.4 Å². The molecule has 0 atom stereocenters. The summed E-state index contributed by atoms with van der Waals surface area (Å²) in [5, 5.41) is 15.5. The predicted octanol–water partition coefficient (Wildman–Crippen LogP) is 5.11. The van der Waals surface area contributed by atoms with Crippen LogP contribution in [0.2, 0.25) is 15.1 Å². The Kier molecular flexibility index (Phi) is 6.54. The van der Waals surface area contributed by atoms with E-state index in [4.69, 9.17) is 39.5 Å². The lowest BCUT2D eigenvalue weighted by Crippen LogP contribution is -2.14. The summed E-state index contributed by atoms with van der Waals surface area (Å²) in [6.45, 7) is 0. The summed E-state index contributed by atoms with van der Waals surface area (Å²) >= 11 is 18.0. The molecular weight excluding hydrogens is 385 g/mol. The standard InChI is InChI=1S/C17H12Cl3N3O2/c1-25-15-6-5-11(7-13(15)19)23-17(24)10(8-21)9-22-14-4-2-3-12(18)16(14)20/h2-7,9,22H,1H3,(H,23,24)/b10-9-. The molecule has 2 rings (SSSR count). The van der Waals surface area contributed by atoms with E-state index in [-0.39, 0.29) is 5.57 Å². The average molecular weight is 397 g/mol. The first kappa shape index (κ1) is 18.9. The highest BCUT2D eigenvalue weighted by Gasteiger charge is 2.11. The normalized spacial score (nSPS) is 10.8. The lowest BCUT2D eigenvalue weighted by Gasteiger charge is -2.08. The number of nitriles is 1. The number of carbonyl (C=O) groups is 1. The molecule has 0 spiro atoms. The molecule has 0 heterocycles. The Labute approximate surface area is 159 Å². The minimum absolute atomic E-state index is 0.150. The van der Waals surface area contributed by atoms with Gasteiger partial charge in [0.05, 0.1) is 27.9 Å². The molecule has 0 aliphatic heterocycles. The topological polar surface area (TPSA) is 74.1 Å². The molecule has 128 valence electrons. The zero-order valence-electron chi connectivity index (χ0n) is 12.9. The Bertz CT molecular complexity index is 876. The fraction of sp³-hybridized carbons (Fsp3) is 0.0588. The van der Waals surface area contributed by atoms with E-state index in [0.717, 1.165) is 0 Å². The highest BCUT2D eigenvalue weighted by atomic mass is 35.5. The molecule has 0 aliphatic rings. The van der Waals surface area contributed by atoms with Crippen molar-refractivity contribution in [1.82, 2.24) is 0 Å². The number of halogens is 3. The molecule has 8 heteroatoms. The molecule has 0 radical (unpaired) electrons. The Morgan fingerprint density at radius 3 is 2.60 bits per heavy atom. The maximum atomic E-state index is 12.2. The minimum atomic E-state index is -0.602. The molecular formula is C17H12Cl3N3O2. The lowest BCUT2D eigenvalue weighted by atomic mass is 10.2. The van der Waals surface area contributed by atoms with Crippen molar-refractivity contribution < 1.29 is 9.53 Å². The smallest absolute Gasteiger partial charge is 0.267 e. The van der Waals surface area contributed by atoms with Crippen molar-refractivity contribution in [3.05, 3.63) is 63.2 Å². The number of nitrogens with zero attached hydrogens (tertiary/aromatic N) is 1. The van der Waals surface area contributed by atoms with Crippen LogP contribution in [0.5, 0.6) is 5.75 Å². The van der Waals surface area contributed by atoms with Crippen LogP contribution in [-0.4, -0.2) is 13.0 Å². The van der Waals surface area contributed by atoms with Gasteiger partial charge in [-0.1, -0.05) is 40.9 Å². The van der Waals surface area contributed by atoms with E-state index in [1.165, 1.54) is 19.4 Å². The molecule has 0 saturated carbocycles. The molecule has 1 amide bonds. The van der Waals surface area contributed by atoms with Gasteiger partial charge in [-0.3, -0.25) is 4.79 Å². The molecule has 5 nitrogen and oxygen atoms in total. The van der Waals surface area contributed by atoms with Crippen molar-refractivity contribution >= 4 is 52.1 Å². The van der Waals surface area contributed by atoms with Crippen LogP contribution >= 0.6 is 34.8 Å². The van der Waals surface area contributed by atoms with Gasteiger partial charge in [0.25, 0.3) is 5.91 Å². The van der Waals surface area contributed by atoms with Crippen LogP contribution in [-0.2, 0) is 4.79 Å². The summed E-state index contributed by atoms with van der Waals surface area (Å²) in [5.41, 5.74) is 0.753. The van der Waals surface area contributed by atoms with Gasteiger partial charge in [-0.2, -0.15) is 5.26 Å². The van der Waals surface area contributed by atoms with Crippen LogP contribution in [0.3, 0.4) is 0 Å². The van der Waals surface area contributed by atoms with Gasteiger partial charge in [-0.15, -0.1) is 0 Å². The molecule has 0 aliphatic carbocycles. The first-order valence-electron chi connectivity index (χ1n) is 6.92. The second-order valence-corrected chi connectivity index (χ2v) is 5.91. The van der Waals surface area contributed by atoms with Gasteiger partial charge in [-0.25, -0.2) is 0 Å². The van der Waals surface area contributed by atoms with E-state index in [9.17, 15) is 10.1 Å². The van der Waals surface area contributed by atoms with Crippen molar-refractivity contribution in [1.29, 1.82) is 5.26 Å². The van der Waals surface area contributed by atoms with Crippen LogP contribution in [0.25, 0.3) is 0 Å². The average Bonchev–Trinajstić information content (AvgIpc) is 2.59. The van der Waals surface area contributed by atoms with Crippen molar-refractivity contribution in [3.8, 4) is 11.8 Å². The maximum Gasteiger partial charge on any atom is 0.267 e. The van der Waals surface area contributed by atoms with E-state index >= 15 is 0 Å². The van der Waals surface area contributed by atoms with E-state index in [0.29, 0.717) is 32.2 Å². The zero-order valence-corrected chi connectivity index (χ0v) is 15.2. The lowest BCUT2D eigenvalue weighted by molar-refractivity contribution is -0.112. The quantitative estimate of drug-likeness (QED) is 0.544. The molecule has 0 unspecified atom stereocenters. The first-order chi connectivity index (χ1) is 12.0. The van der Waals surface area contributed by atoms with E-state index in [1.54, 1.807) is 30.3 Å². The minimum Gasteiger partial charge on any atom is -0.495 e. The molecule has 0 bridgehead atoms. The predicted molar refractivity (Wildman–Crippen MR) is 100 cm³/mol. The van der Waals surface area contributed by atoms with Crippen LogP contribution in [0.4, 0.5) is 11.4 Å². The van der Waals surface area contributed by atoms with Crippen LogP contribution in [0, 0.1) is 11.3 Å². The van der Waals surface area contributed by atoms with Gasteiger partial charge < -0.3 is 15.4 Å². The Balaban J connectivity index is 2.14. The first-order valence-corrected chi connectivity index (χ1v) is 8.05. The van der Waals surface area contributed by atoms with Crippen molar-refractivity contribution in [2.45, 2.75) is 0 Å². The fourth-order valence-electron chi connectivity index (χ4n) is 1.86. The second-order valence-electron chi connectivity index (χ2n) is 4.72. The number of amides is 1. The fourth-order valence-corrected chi connectivity index (χ4v) is 2.47. The molecule has 0 saturated heterocycles. The summed E-state index contributed by atoms with van der Waals surface area (Å²) in [6.07, 6.45) is 1.25. The number of methoxy groups -OCH3 is 1. The summed E-state index contributed by atoms with van der Waals surface area (Å²) in [4.78, 5) is 12.2. The number of rotatable bonds is 5.